The molecule has 2 aromatic heterocycles. The fraction of sp³-hybridized carbons (Fsp3) is 0.316. The van der Waals surface area contributed by atoms with Crippen molar-refractivity contribution in [3.63, 3.8) is 0 Å². The smallest absolute Gasteiger partial charge is 0.323 e. The van der Waals surface area contributed by atoms with Crippen LogP contribution in [0.25, 0.3) is 10.9 Å². The van der Waals surface area contributed by atoms with Crippen molar-refractivity contribution in [1.29, 1.82) is 0 Å². The Kier molecular flexibility index (Phi) is 4.75. The molecule has 1 aliphatic rings. The lowest BCUT2D eigenvalue weighted by Gasteiger charge is -2.31. The molecular weight excluding hydrogens is 352 g/mol. The summed E-state index contributed by atoms with van der Waals surface area (Å²) in [6.07, 6.45) is 6.18. The molecule has 3 aromatic rings. The molecule has 6 nitrogen and oxygen atoms in total. The average Bonchev–Trinajstić information content (AvgIpc) is 3.07. The van der Waals surface area contributed by atoms with Crippen molar-refractivity contribution in [3.8, 4) is 0 Å². The van der Waals surface area contributed by atoms with Crippen molar-refractivity contribution in [2.45, 2.75) is 19.3 Å². The van der Waals surface area contributed by atoms with E-state index in [4.69, 9.17) is 16.1 Å². The van der Waals surface area contributed by atoms with Gasteiger partial charge in [0.25, 0.3) is 0 Å². The van der Waals surface area contributed by atoms with Gasteiger partial charge in [-0.2, -0.15) is 0 Å². The third-order valence-corrected chi connectivity index (χ3v) is 5.09. The van der Waals surface area contributed by atoms with Gasteiger partial charge in [-0.05, 0) is 42.9 Å². The van der Waals surface area contributed by atoms with Gasteiger partial charge in [-0.1, -0.05) is 35.0 Å². The zero-order valence-corrected chi connectivity index (χ0v) is 14.9. The van der Waals surface area contributed by atoms with Crippen LogP contribution in [0.15, 0.2) is 47.3 Å². The van der Waals surface area contributed by atoms with E-state index in [0.29, 0.717) is 24.0 Å². The van der Waals surface area contributed by atoms with Crippen molar-refractivity contribution in [1.82, 2.24) is 15.0 Å². The van der Waals surface area contributed by atoms with Crippen molar-refractivity contribution >= 4 is 34.4 Å². The first-order valence-electron chi connectivity index (χ1n) is 8.68. The molecule has 26 heavy (non-hydrogen) atoms. The minimum absolute atomic E-state index is 0.188. The molecule has 1 saturated heterocycles. The second-order valence-electron chi connectivity index (χ2n) is 6.61. The molecule has 0 unspecified atom stereocenters. The highest BCUT2D eigenvalue weighted by atomic mass is 35.5. The fourth-order valence-electron chi connectivity index (χ4n) is 3.39. The van der Waals surface area contributed by atoms with Gasteiger partial charge in [0.1, 0.15) is 11.3 Å². The number of amides is 2. The Morgan fingerprint density at radius 3 is 2.88 bits per heavy atom. The number of benzene rings is 1. The summed E-state index contributed by atoms with van der Waals surface area (Å²) in [5.74, 6) is 0.818. The number of rotatable bonds is 3. The molecule has 0 atom stereocenters. The molecule has 1 aromatic carbocycles. The van der Waals surface area contributed by atoms with Gasteiger partial charge in [-0.25, -0.2) is 4.79 Å². The van der Waals surface area contributed by atoms with Crippen LogP contribution in [0.3, 0.4) is 0 Å². The normalized spacial score (nSPS) is 15.3. The number of hydrogen-bond donors (Lipinski definition) is 1. The van der Waals surface area contributed by atoms with Gasteiger partial charge in [0.15, 0.2) is 5.82 Å². The van der Waals surface area contributed by atoms with Crippen molar-refractivity contribution in [2.75, 3.05) is 18.4 Å². The van der Waals surface area contributed by atoms with Crippen molar-refractivity contribution < 1.29 is 9.32 Å². The molecule has 1 N–H and O–H groups in total. The third-order valence-electron chi connectivity index (χ3n) is 4.82. The average molecular weight is 371 g/mol. The van der Waals surface area contributed by atoms with Gasteiger partial charge >= 0.3 is 6.03 Å². The number of carbonyl (C=O) groups excluding carboxylic acids is 1. The van der Waals surface area contributed by atoms with Crippen LogP contribution in [-0.4, -0.2) is 34.2 Å². The Balaban J connectivity index is 1.33. The molecule has 1 aliphatic heterocycles. The van der Waals surface area contributed by atoms with Crippen LogP contribution in [0.2, 0.25) is 5.02 Å². The number of anilines is 1. The zero-order valence-electron chi connectivity index (χ0n) is 14.2. The minimum Gasteiger partial charge on any atom is -0.361 e. The second kappa shape index (κ2) is 7.33. The van der Waals surface area contributed by atoms with E-state index in [-0.39, 0.29) is 11.8 Å². The summed E-state index contributed by atoms with van der Waals surface area (Å²) in [4.78, 5) is 18.6. The number of hydrogen-bond acceptors (Lipinski definition) is 4. The highest BCUT2D eigenvalue weighted by Crippen LogP contribution is 2.24. The van der Waals surface area contributed by atoms with E-state index in [9.17, 15) is 4.79 Å². The maximum Gasteiger partial charge on any atom is 0.323 e. The Labute approximate surface area is 156 Å². The summed E-state index contributed by atoms with van der Waals surface area (Å²) < 4.78 is 4.73. The van der Waals surface area contributed by atoms with Crippen LogP contribution < -0.4 is 5.32 Å². The molecular formula is C19H19ClN4O2. The van der Waals surface area contributed by atoms with Crippen LogP contribution in [-0.2, 0) is 6.42 Å². The number of carbonyl (C=O) groups is 1. The molecule has 134 valence electrons. The van der Waals surface area contributed by atoms with Crippen LogP contribution in [0.5, 0.6) is 0 Å². The summed E-state index contributed by atoms with van der Waals surface area (Å²) in [5, 5.41) is 7.83. The van der Waals surface area contributed by atoms with E-state index < -0.39 is 0 Å². The first-order valence-corrected chi connectivity index (χ1v) is 9.06. The SMILES string of the molecule is O=C(Nc1nocc1Cl)N1CCC(Cc2cnc3ccccc3c2)CC1. The second-order valence-corrected chi connectivity index (χ2v) is 7.02. The van der Waals surface area contributed by atoms with Crippen molar-refractivity contribution in [2.24, 2.45) is 5.92 Å². The number of fused-ring (bicyclic) bond motifs is 1. The van der Waals surface area contributed by atoms with E-state index in [1.54, 1.807) is 4.90 Å². The van der Waals surface area contributed by atoms with E-state index in [2.05, 4.69) is 27.6 Å². The van der Waals surface area contributed by atoms with E-state index in [0.717, 1.165) is 24.8 Å². The van der Waals surface area contributed by atoms with Gasteiger partial charge in [-0.15, -0.1) is 0 Å². The molecule has 0 radical (unpaired) electrons. The summed E-state index contributed by atoms with van der Waals surface area (Å²) in [6.45, 7) is 1.43. The topological polar surface area (TPSA) is 71.3 Å². The van der Waals surface area contributed by atoms with Crippen LogP contribution >= 0.6 is 11.6 Å². The summed E-state index contributed by atoms with van der Waals surface area (Å²) >= 11 is 5.88. The van der Waals surface area contributed by atoms with Crippen LogP contribution in [0, 0.1) is 5.92 Å². The van der Waals surface area contributed by atoms with Crippen LogP contribution in [0.1, 0.15) is 18.4 Å². The maximum atomic E-state index is 12.3. The standard InChI is InChI=1S/C19H19ClN4O2/c20-16-12-26-23-18(16)22-19(25)24-7-5-13(6-8-24)9-14-10-15-3-1-2-4-17(15)21-11-14/h1-4,10-13H,5-9H2,(H,22,23,25). The highest BCUT2D eigenvalue weighted by Gasteiger charge is 2.24. The number of urea groups is 1. The fourth-order valence-corrected chi connectivity index (χ4v) is 3.51. The summed E-state index contributed by atoms with van der Waals surface area (Å²) in [5.41, 5.74) is 2.27. The van der Waals surface area contributed by atoms with Gasteiger partial charge in [-0.3, -0.25) is 10.3 Å². The largest absolute Gasteiger partial charge is 0.361 e. The lowest BCUT2D eigenvalue weighted by atomic mass is 9.90. The molecule has 0 bridgehead atoms. The quantitative estimate of drug-likeness (QED) is 0.743. The number of likely N-dealkylation sites (tertiary alicyclic amines) is 1. The number of nitrogens with one attached hydrogen (secondary N) is 1. The first kappa shape index (κ1) is 16.8. The lowest BCUT2D eigenvalue weighted by molar-refractivity contribution is 0.182. The Morgan fingerprint density at radius 1 is 1.31 bits per heavy atom. The maximum absolute atomic E-state index is 12.3. The number of halogens is 1. The van der Waals surface area contributed by atoms with E-state index in [1.807, 2.05) is 24.4 Å². The number of para-hydroxylation sites is 1. The molecule has 0 saturated carbocycles. The minimum atomic E-state index is -0.188. The lowest BCUT2D eigenvalue weighted by Crippen LogP contribution is -2.41. The Morgan fingerprint density at radius 2 is 2.12 bits per heavy atom. The van der Waals surface area contributed by atoms with Crippen LogP contribution in [0.4, 0.5) is 10.6 Å². The number of piperidine rings is 1. The van der Waals surface area contributed by atoms with E-state index >= 15 is 0 Å². The third kappa shape index (κ3) is 3.65. The highest BCUT2D eigenvalue weighted by molar-refractivity contribution is 6.33. The first-order chi connectivity index (χ1) is 12.7. The Bertz CT molecular complexity index is 919. The summed E-state index contributed by atoms with van der Waals surface area (Å²) in [6, 6.07) is 10.2. The number of pyridine rings is 1. The van der Waals surface area contributed by atoms with Gasteiger partial charge < -0.3 is 9.42 Å². The number of aromatic nitrogens is 2. The molecule has 4 rings (SSSR count). The molecule has 0 aliphatic carbocycles. The summed E-state index contributed by atoms with van der Waals surface area (Å²) in [7, 11) is 0. The van der Waals surface area contributed by atoms with Gasteiger partial charge in [0, 0.05) is 24.7 Å². The van der Waals surface area contributed by atoms with E-state index in [1.165, 1.54) is 17.2 Å². The molecule has 1 fully saturated rings. The van der Waals surface area contributed by atoms with Crippen molar-refractivity contribution in [3.05, 3.63) is 53.4 Å². The molecule has 2 amide bonds. The predicted molar refractivity (Wildman–Crippen MR) is 100 cm³/mol. The predicted octanol–water partition coefficient (Wildman–Crippen LogP) is 4.36. The molecule has 7 heteroatoms. The Hall–Kier alpha value is -2.60. The monoisotopic (exact) mass is 370 g/mol. The van der Waals surface area contributed by atoms with Gasteiger partial charge in [0.05, 0.1) is 5.52 Å². The zero-order chi connectivity index (χ0) is 17.9. The molecule has 0 spiro atoms. The number of nitrogens with zero attached hydrogens (tertiary/aromatic N) is 3. The van der Waals surface area contributed by atoms with Gasteiger partial charge in [0.2, 0.25) is 0 Å². The molecule has 3 heterocycles.